The molecule has 2 nitrogen and oxygen atoms in total. The Hall–Kier alpha value is -0.415. The van der Waals surface area contributed by atoms with Gasteiger partial charge in [0.1, 0.15) is 7.77 Å². The summed E-state index contributed by atoms with van der Waals surface area (Å²) in [7, 11) is -0.933. The number of rotatable bonds is 5. The summed E-state index contributed by atoms with van der Waals surface area (Å²) in [5.74, 6) is 0.443. The Balaban J connectivity index is 2.70. The molecule has 1 rings (SSSR count). The minimum absolute atomic E-state index is 0.236. The summed E-state index contributed by atoms with van der Waals surface area (Å²) in [4.78, 5) is 10.7. The second-order valence-electron chi connectivity index (χ2n) is 2.14. The van der Waals surface area contributed by atoms with Crippen molar-refractivity contribution in [3.63, 3.8) is 0 Å². The van der Waals surface area contributed by atoms with Gasteiger partial charge in [0.05, 0.1) is 10.0 Å². The minimum atomic E-state index is -0.933. The van der Waals surface area contributed by atoms with Crippen molar-refractivity contribution in [2.45, 2.75) is 0 Å². The van der Waals surface area contributed by atoms with Gasteiger partial charge >= 0.3 is 0 Å². The van der Waals surface area contributed by atoms with Gasteiger partial charge in [0.15, 0.2) is 12.0 Å². The van der Waals surface area contributed by atoms with Crippen molar-refractivity contribution < 1.29 is 8.98 Å². The molecule has 0 bridgehead atoms. The summed E-state index contributed by atoms with van der Waals surface area (Å²) in [5.41, 5.74) is 0.683. The molecule has 0 saturated heterocycles. The Morgan fingerprint density at radius 2 is 2.77 bits per heavy atom. The summed E-state index contributed by atoms with van der Waals surface area (Å²) in [6.45, 7) is 0. The van der Waals surface area contributed by atoms with E-state index in [1.807, 2.05) is 0 Å². The van der Waals surface area contributed by atoms with Gasteiger partial charge in [-0.05, 0) is 30.7 Å². The summed E-state index contributed by atoms with van der Waals surface area (Å²) in [5, 5.41) is 0. The fourth-order valence-electron chi connectivity index (χ4n) is 0.799. The zero-order valence-electron chi connectivity index (χ0n) is 8.70. The van der Waals surface area contributed by atoms with Crippen molar-refractivity contribution in [1.29, 1.82) is 2.67 Å². The number of benzene rings is 1. The SMILES string of the molecule is [2H]B([3H])CSOc1c(Br)cccc1C=O. The smallest absolute Gasteiger partial charge is 0.161 e. The summed E-state index contributed by atoms with van der Waals surface area (Å²) >= 11 is 4.26. The highest BCUT2D eigenvalue weighted by Gasteiger charge is 2.06. The van der Waals surface area contributed by atoms with Crippen LogP contribution in [0.15, 0.2) is 22.7 Å². The van der Waals surface area contributed by atoms with Crippen LogP contribution in [0.1, 0.15) is 10.4 Å². The lowest BCUT2D eigenvalue weighted by molar-refractivity contribution is 0.112. The Morgan fingerprint density at radius 1 is 1.92 bits per heavy atom. The van der Waals surface area contributed by atoms with Crippen LogP contribution in [0.5, 0.6) is 5.75 Å². The highest BCUT2D eigenvalue weighted by Crippen LogP contribution is 2.30. The quantitative estimate of drug-likeness (QED) is 0.460. The van der Waals surface area contributed by atoms with Gasteiger partial charge in [0.25, 0.3) is 0 Å². The second kappa shape index (κ2) is 5.34. The fourth-order valence-corrected chi connectivity index (χ4v) is 1.74. The number of carbonyl (C=O) groups excluding carboxylic acids is 1. The Morgan fingerprint density at radius 3 is 3.46 bits per heavy atom. The maximum absolute atomic E-state index is 10.7. The Bertz CT molecular complexity index is 351. The van der Waals surface area contributed by atoms with Gasteiger partial charge in [0.2, 0.25) is 0 Å². The molecular weight excluding hydrogens is 251 g/mol. The highest BCUT2D eigenvalue weighted by molar-refractivity contribution is 9.10. The number of halogens is 1. The van der Waals surface area contributed by atoms with Crippen LogP contribution < -0.4 is 4.18 Å². The maximum atomic E-state index is 10.7. The minimum Gasteiger partial charge on any atom is -0.425 e. The third-order valence-corrected chi connectivity index (χ3v) is 2.38. The fraction of sp³-hybridized carbons (Fsp3) is 0.125. The van der Waals surface area contributed by atoms with E-state index >= 15 is 0 Å². The van der Waals surface area contributed by atoms with Crippen LogP contribution in [0.4, 0.5) is 0 Å². The first-order valence-corrected chi connectivity index (χ1v) is 5.23. The monoisotopic (exact) mass is 261 g/mol. The van der Waals surface area contributed by atoms with Crippen molar-refractivity contribution in [1.82, 2.24) is 0 Å². The van der Waals surface area contributed by atoms with Crippen LogP contribution in [-0.2, 0) is 0 Å². The predicted molar refractivity (Wildman–Crippen MR) is 61.2 cm³/mol. The van der Waals surface area contributed by atoms with Crippen molar-refractivity contribution in [2.75, 3.05) is 5.65 Å². The molecule has 0 N–H and O–H groups in total. The molecule has 0 heterocycles. The average Bonchev–Trinajstić information content (AvgIpc) is 2.20. The molecule has 5 heteroatoms. The van der Waals surface area contributed by atoms with Crippen LogP contribution in [0.25, 0.3) is 0 Å². The largest absolute Gasteiger partial charge is 0.425 e. The molecule has 0 amide bonds. The molecule has 0 aromatic heterocycles. The van der Waals surface area contributed by atoms with Gasteiger partial charge in [0, 0.05) is 17.7 Å². The number of aldehydes is 1. The molecule has 0 atom stereocenters. The van der Waals surface area contributed by atoms with E-state index in [0.717, 1.165) is 12.0 Å². The molecule has 1 aromatic rings. The van der Waals surface area contributed by atoms with Crippen molar-refractivity contribution >= 4 is 42.0 Å². The van der Waals surface area contributed by atoms with Gasteiger partial charge < -0.3 is 4.18 Å². The predicted octanol–water partition coefficient (Wildman–Crippen LogP) is 1.88. The van der Waals surface area contributed by atoms with Gasteiger partial charge in [-0.3, -0.25) is 4.79 Å². The normalized spacial score (nSPS) is 11.5. The van der Waals surface area contributed by atoms with Gasteiger partial charge in [-0.2, -0.15) is 0 Å². The molecule has 0 spiro atoms. The lowest BCUT2D eigenvalue weighted by atomic mass is 10.2. The first-order valence-electron chi connectivity index (χ1n) is 4.68. The second-order valence-corrected chi connectivity index (χ2v) is 3.73. The number of para-hydroxylation sites is 1. The van der Waals surface area contributed by atoms with Gasteiger partial charge in [-0.1, -0.05) is 6.07 Å². The van der Waals surface area contributed by atoms with E-state index < -0.39 is 7.77 Å². The van der Waals surface area contributed by atoms with Crippen molar-refractivity contribution in [3.8, 4) is 5.75 Å². The van der Waals surface area contributed by atoms with Crippen LogP contribution >= 0.6 is 28.0 Å². The van der Waals surface area contributed by atoms with Crippen LogP contribution in [0.2, 0.25) is 0 Å². The maximum Gasteiger partial charge on any atom is 0.161 e. The molecule has 0 aliphatic rings. The highest BCUT2D eigenvalue weighted by atomic mass is 79.9. The van der Waals surface area contributed by atoms with Crippen LogP contribution in [0.3, 0.4) is 0 Å². The first-order chi connectivity index (χ1) is 7.15. The van der Waals surface area contributed by atoms with E-state index in [0.29, 0.717) is 22.1 Å². The van der Waals surface area contributed by atoms with E-state index in [1.165, 1.54) is 0 Å². The molecule has 68 valence electrons. The van der Waals surface area contributed by atoms with Gasteiger partial charge in [-0.15, -0.1) is 0 Å². The Kier molecular flexibility index (Phi) is 3.26. The first kappa shape index (κ1) is 7.94. The van der Waals surface area contributed by atoms with E-state index in [1.54, 1.807) is 18.2 Å². The molecule has 13 heavy (non-hydrogen) atoms. The number of hydrogen-bond acceptors (Lipinski definition) is 3. The third kappa shape index (κ3) is 2.77. The third-order valence-electron chi connectivity index (χ3n) is 1.33. The van der Waals surface area contributed by atoms with Crippen LogP contribution in [0, 0.1) is 0 Å². The van der Waals surface area contributed by atoms with Crippen molar-refractivity contribution in [2.24, 2.45) is 0 Å². The van der Waals surface area contributed by atoms with Crippen LogP contribution in [-0.4, -0.2) is 22.4 Å². The summed E-state index contributed by atoms with van der Waals surface area (Å²) < 4.78 is 19.9. The molecule has 0 saturated carbocycles. The molecular formula is C8H8BBrO2S. The van der Waals surface area contributed by atoms with E-state index in [9.17, 15) is 4.79 Å². The Labute approximate surface area is 93.5 Å². The zero-order chi connectivity index (χ0) is 11.3. The van der Waals surface area contributed by atoms with Gasteiger partial charge in [-0.25, -0.2) is 0 Å². The summed E-state index contributed by atoms with van der Waals surface area (Å²) in [6, 6.07) is 5.15. The van der Waals surface area contributed by atoms with E-state index in [-0.39, 0.29) is 5.65 Å². The molecule has 0 aliphatic heterocycles. The van der Waals surface area contributed by atoms with E-state index in [4.69, 9.17) is 6.85 Å². The summed E-state index contributed by atoms with van der Waals surface area (Å²) in [6.07, 6.45) is 0.708. The molecule has 0 fully saturated rings. The van der Waals surface area contributed by atoms with E-state index in [2.05, 4.69) is 15.9 Å². The molecule has 0 unspecified atom stereocenters. The lowest BCUT2D eigenvalue weighted by Gasteiger charge is -2.06. The molecule has 0 radical (unpaired) electrons. The average molecular weight is 262 g/mol. The number of carbonyl (C=O) groups is 1. The lowest BCUT2D eigenvalue weighted by Crippen LogP contribution is -1.91. The molecule has 1 aromatic carbocycles. The molecule has 0 aliphatic carbocycles. The number of hydrogen-bond donors (Lipinski definition) is 0. The standard InChI is InChI=1S/C8H8BBrO2S/c9-5-13-12-8-6(4-11)2-1-3-7(8)10/h1-4H,5,9H2/i9TD. The topological polar surface area (TPSA) is 26.3 Å². The van der Waals surface area contributed by atoms with Crippen molar-refractivity contribution in [3.05, 3.63) is 28.2 Å². The zero-order valence-corrected chi connectivity index (χ0v) is 9.10.